The van der Waals surface area contributed by atoms with Gasteiger partial charge < -0.3 is 24.5 Å². The Bertz CT molecular complexity index is 2630. The molecule has 11 rings (SSSR count). The Hall–Kier alpha value is -6.60. The van der Waals surface area contributed by atoms with Gasteiger partial charge in [-0.25, -0.2) is 33.5 Å². The number of carbonyl (C=O) groups excluding carboxylic acids is 1. The minimum absolute atomic E-state index is 0.0337. The Morgan fingerprint density at radius 3 is 1.53 bits per heavy atom. The third-order valence-electron chi connectivity index (χ3n) is 12.7. The van der Waals surface area contributed by atoms with Crippen molar-refractivity contribution in [2.24, 2.45) is 0 Å². The average Bonchev–Trinajstić information content (AvgIpc) is 3.87. The van der Waals surface area contributed by atoms with Crippen molar-refractivity contribution in [1.82, 2.24) is 24.8 Å². The molecule has 3 fully saturated rings. The van der Waals surface area contributed by atoms with Crippen molar-refractivity contribution in [1.29, 1.82) is 0 Å². The first-order chi connectivity index (χ1) is 29.2. The maximum atomic E-state index is 14.2. The number of benzene rings is 4. The molecule has 2 aliphatic carbocycles. The predicted octanol–water partition coefficient (Wildman–Crippen LogP) is 8.49. The van der Waals surface area contributed by atoms with E-state index in [0.29, 0.717) is 66.0 Å². The smallest absolute Gasteiger partial charge is 0.335 e. The molecule has 13 heteroatoms. The lowest BCUT2D eigenvalue weighted by atomic mass is 9.65. The van der Waals surface area contributed by atoms with E-state index in [-0.39, 0.29) is 33.9 Å². The molecule has 2 saturated carbocycles. The first-order valence-corrected chi connectivity index (χ1v) is 20.3. The van der Waals surface area contributed by atoms with Crippen molar-refractivity contribution in [3.8, 4) is 22.3 Å². The maximum absolute atomic E-state index is 14.2. The summed E-state index contributed by atoms with van der Waals surface area (Å²) in [6.07, 6.45) is 12.2. The van der Waals surface area contributed by atoms with Gasteiger partial charge in [0.2, 0.25) is 11.9 Å². The van der Waals surface area contributed by atoms with Crippen LogP contribution in [0.1, 0.15) is 63.9 Å². The van der Waals surface area contributed by atoms with Crippen LogP contribution >= 0.6 is 0 Å². The summed E-state index contributed by atoms with van der Waals surface area (Å²) >= 11 is 0. The SMILES string of the molecule is O=C(O)c1ccc2c(c1)N(c1ncc(-c3ccccc3F)cn1)CC21CC1.O=C(c1ccc2c(c1)N(c1ncc(-c3ccccc3F)cn1)CC21CCC1)N1CCOCC1. The molecule has 2 aromatic heterocycles. The molecular formula is C47H41F2N7O4. The fraction of sp³-hybridized carbons (Fsp3) is 0.277. The molecule has 2 spiro atoms. The van der Waals surface area contributed by atoms with Gasteiger partial charge in [-0.15, -0.1) is 0 Å². The fourth-order valence-electron chi connectivity index (χ4n) is 9.12. The number of aromatic carboxylic acids is 1. The van der Waals surface area contributed by atoms with Crippen molar-refractivity contribution in [2.45, 2.75) is 42.9 Å². The molecule has 1 amide bonds. The Kier molecular flexibility index (Phi) is 9.35. The largest absolute Gasteiger partial charge is 0.478 e. The van der Waals surface area contributed by atoms with E-state index < -0.39 is 5.97 Å². The molecule has 5 heterocycles. The Balaban J connectivity index is 0.000000147. The normalized spacial score (nSPS) is 17.7. The van der Waals surface area contributed by atoms with E-state index in [4.69, 9.17) is 4.74 Å². The maximum Gasteiger partial charge on any atom is 0.335 e. The lowest BCUT2D eigenvalue weighted by Gasteiger charge is -2.39. The molecule has 6 aromatic rings. The van der Waals surface area contributed by atoms with Gasteiger partial charge in [0, 0.05) is 101 Å². The molecule has 0 atom stereocenters. The monoisotopic (exact) mass is 805 g/mol. The van der Waals surface area contributed by atoms with Crippen LogP contribution in [-0.2, 0) is 15.6 Å². The topological polar surface area (TPSA) is 125 Å². The van der Waals surface area contributed by atoms with Crippen molar-refractivity contribution in [3.63, 3.8) is 0 Å². The van der Waals surface area contributed by atoms with E-state index in [1.54, 1.807) is 73.3 Å². The molecule has 0 radical (unpaired) electrons. The number of halogens is 2. The van der Waals surface area contributed by atoms with Gasteiger partial charge in [0.05, 0.1) is 18.8 Å². The van der Waals surface area contributed by atoms with Crippen molar-refractivity contribution >= 4 is 35.1 Å². The van der Waals surface area contributed by atoms with E-state index in [1.165, 1.54) is 24.1 Å². The van der Waals surface area contributed by atoms with Crippen molar-refractivity contribution in [2.75, 3.05) is 49.2 Å². The third kappa shape index (κ3) is 6.62. The first kappa shape index (κ1) is 37.7. The van der Waals surface area contributed by atoms with Gasteiger partial charge in [0.25, 0.3) is 5.91 Å². The number of carbonyl (C=O) groups is 2. The molecule has 3 aliphatic heterocycles. The standard InChI is InChI=1S/C26H25FN4O2.C21H16FN3O2/c27-22-5-2-1-4-20(22)19-15-28-25(29-16-19)31-17-26(8-3-9-26)21-7-6-18(14-23(21)31)24(32)30-10-12-33-13-11-30;22-17-4-2-1-3-15(17)14-10-23-20(24-11-14)25-12-21(7-8-21)16-6-5-13(19(26)27)9-18(16)25/h1-2,4-7,14-16H,3,8-13,17H2;1-6,9-11H,7-8,12H2,(H,26,27). The highest BCUT2D eigenvalue weighted by atomic mass is 19.1. The van der Waals surface area contributed by atoms with Crippen LogP contribution in [0, 0.1) is 11.6 Å². The first-order valence-electron chi connectivity index (χ1n) is 20.3. The number of anilines is 4. The molecule has 302 valence electrons. The van der Waals surface area contributed by atoms with E-state index in [1.807, 2.05) is 28.0 Å². The van der Waals surface area contributed by atoms with Gasteiger partial charge in [-0.05, 0) is 73.2 Å². The number of rotatable bonds is 6. The molecular weight excluding hydrogens is 765 g/mol. The van der Waals surface area contributed by atoms with Crippen molar-refractivity contribution in [3.05, 3.63) is 144 Å². The second-order valence-corrected chi connectivity index (χ2v) is 16.3. The van der Waals surface area contributed by atoms with E-state index >= 15 is 0 Å². The zero-order chi connectivity index (χ0) is 41.0. The van der Waals surface area contributed by atoms with Gasteiger partial charge in [-0.3, -0.25) is 4.79 Å². The number of ether oxygens (including phenoxy) is 1. The van der Waals surface area contributed by atoms with Crippen LogP contribution in [-0.4, -0.2) is 81.2 Å². The lowest BCUT2D eigenvalue weighted by Crippen LogP contribution is -2.40. The molecule has 1 N–H and O–H groups in total. The Labute approximate surface area is 345 Å². The highest BCUT2D eigenvalue weighted by Crippen LogP contribution is 2.58. The molecule has 0 bridgehead atoms. The number of amides is 1. The van der Waals surface area contributed by atoms with Gasteiger partial charge in [0.15, 0.2) is 0 Å². The van der Waals surface area contributed by atoms with Gasteiger partial charge >= 0.3 is 5.97 Å². The lowest BCUT2D eigenvalue weighted by molar-refractivity contribution is 0.0303. The van der Waals surface area contributed by atoms with Gasteiger partial charge in [0.1, 0.15) is 11.6 Å². The number of aromatic nitrogens is 4. The minimum atomic E-state index is -0.953. The third-order valence-corrected chi connectivity index (χ3v) is 12.7. The number of morpholine rings is 1. The van der Waals surface area contributed by atoms with Crippen LogP contribution in [0.5, 0.6) is 0 Å². The summed E-state index contributed by atoms with van der Waals surface area (Å²) in [5.74, 6) is -0.445. The van der Waals surface area contributed by atoms with Gasteiger partial charge in [-0.2, -0.15) is 0 Å². The zero-order valence-corrected chi connectivity index (χ0v) is 32.7. The molecule has 4 aromatic carbocycles. The summed E-state index contributed by atoms with van der Waals surface area (Å²) in [6, 6.07) is 24.5. The number of hydrogen-bond acceptors (Lipinski definition) is 9. The van der Waals surface area contributed by atoms with Crippen molar-refractivity contribution < 1.29 is 28.2 Å². The molecule has 5 aliphatic rings. The van der Waals surface area contributed by atoms with Crippen LogP contribution in [0.15, 0.2) is 110 Å². The van der Waals surface area contributed by atoms with E-state index in [0.717, 1.165) is 55.7 Å². The fourth-order valence-corrected chi connectivity index (χ4v) is 9.12. The molecule has 60 heavy (non-hydrogen) atoms. The van der Waals surface area contributed by atoms with Crippen LogP contribution in [0.4, 0.5) is 32.1 Å². The molecule has 1 saturated heterocycles. The van der Waals surface area contributed by atoms with Crippen LogP contribution in [0.25, 0.3) is 22.3 Å². The second-order valence-electron chi connectivity index (χ2n) is 16.3. The number of nitrogens with zero attached hydrogens (tertiary/aromatic N) is 7. The summed E-state index contributed by atoms with van der Waals surface area (Å²) in [7, 11) is 0. The molecule has 11 nitrogen and oxygen atoms in total. The van der Waals surface area contributed by atoms with E-state index in [2.05, 4.69) is 30.9 Å². The highest BCUT2D eigenvalue weighted by Gasteiger charge is 2.53. The number of fused-ring (bicyclic) bond motifs is 4. The summed E-state index contributed by atoms with van der Waals surface area (Å²) < 4.78 is 33.6. The predicted molar refractivity (Wildman–Crippen MR) is 222 cm³/mol. The highest BCUT2D eigenvalue weighted by molar-refractivity contribution is 5.96. The van der Waals surface area contributed by atoms with Crippen LogP contribution < -0.4 is 9.80 Å². The summed E-state index contributed by atoms with van der Waals surface area (Å²) in [5, 5.41) is 9.32. The molecule has 0 unspecified atom stereocenters. The quantitative estimate of drug-likeness (QED) is 0.175. The van der Waals surface area contributed by atoms with Crippen LogP contribution in [0.3, 0.4) is 0 Å². The zero-order valence-electron chi connectivity index (χ0n) is 32.7. The minimum Gasteiger partial charge on any atom is -0.478 e. The Morgan fingerprint density at radius 2 is 1.08 bits per heavy atom. The second kappa shape index (κ2) is 14.9. The number of hydrogen-bond donors (Lipinski definition) is 1. The average molecular weight is 806 g/mol. The van der Waals surface area contributed by atoms with Gasteiger partial charge in [-0.1, -0.05) is 55.0 Å². The Morgan fingerprint density at radius 1 is 0.617 bits per heavy atom. The van der Waals surface area contributed by atoms with Crippen LogP contribution in [0.2, 0.25) is 0 Å². The number of carboxylic acids is 1. The van der Waals surface area contributed by atoms with E-state index in [9.17, 15) is 23.5 Å². The number of carboxylic acid groups (broad SMARTS) is 1. The summed E-state index contributed by atoms with van der Waals surface area (Å²) in [4.78, 5) is 48.5. The summed E-state index contributed by atoms with van der Waals surface area (Å²) in [6.45, 7) is 3.93. The summed E-state index contributed by atoms with van der Waals surface area (Å²) in [5.41, 5.74) is 7.60.